The number of ether oxygens (including phenoxy) is 2. The largest absolute Gasteiger partial charge is 0.458 e. The summed E-state index contributed by atoms with van der Waals surface area (Å²) in [4.78, 5) is 52.9. The average Bonchev–Trinajstić information content (AvgIpc) is 2.84. The SMILES string of the molecule is C#CN(C(=O)CNC(=O)OC(C)(C)C)C(C(=O)NC(Cc1ccccc1)C(=O)OC(C)(C)C)c1ccccc1. The Hall–Kier alpha value is -4.32. The number of hydrogen-bond donors (Lipinski definition) is 2. The lowest BCUT2D eigenvalue weighted by molar-refractivity contribution is -0.159. The van der Waals surface area contributed by atoms with E-state index in [9.17, 15) is 19.2 Å². The molecule has 0 radical (unpaired) electrons. The number of alkyl carbamates (subject to hydrolysis) is 1. The summed E-state index contributed by atoms with van der Waals surface area (Å²) in [5, 5.41) is 5.10. The fourth-order valence-corrected chi connectivity index (χ4v) is 3.56. The number of nitrogens with one attached hydrogen (secondary N) is 2. The summed E-state index contributed by atoms with van der Waals surface area (Å²) in [7, 11) is 0. The Bertz CT molecular complexity index is 1180. The van der Waals surface area contributed by atoms with Gasteiger partial charge in [-0.05, 0) is 52.7 Å². The molecule has 0 heterocycles. The van der Waals surface area contributed by atoms with E-state index < -0.39 is 53.7 Å². The number of nitrogens with zero attached hydrogens (tertiary/aromatic N) is 1. The van der Waals surface area contributed by atoms with Gasteiger partial charge in [-0.25, -0.2) is 9.59 Å². The van der Waals surface area contributed by atoms with Crippen molar-refractivity contribution in [2.45, 2.75) is 71.2 Å². The van der Waals surface area contributed by atoms with Gasteiger partial charge in [0.1, 0.15) is 29.8 Å². The van der Waals surface area contributed by atoms with Crippen LogP contribution in [-0.4, -0.2) is 52.6 Å². The van der Waals surface area contributed by atoms with Crippen LogP contribution in [0.3, 0.4) is 0 Å². The number of amides is 3. The van der Waals surface area contributed by atoms with Crippen LogP contribution in [0.1, 0.15) is 58.7 Å². The van der Waals surface area contributed by atoms with Crippen molar-refractivity contribution in [3.63, 3.8) is 0 Å². The quantitative estimate of drug-likeness (QED) is 0.287. The van der Waals surface area contributed by atoms with Crippen molar-refractivity contribution >= 4 is 23.9 Å². The summed E-state index contributed by atoms with van der Waals surface area (Å²) < 4.78 is 10.7. The highest BCUT2D eigenvalue weighted by Gasteiger charge is 2.35. The van der Waals surface area contributed by atoms with Crippen molar-refractivity contribution < 1.29 is 28.7 Å². The number of carbonyl (C=O) groups excluding carboxylic acids is 4. The van der Waals surface area contributed by atoms with E-state index in [2.05, 4.69) is 16.7 Å². The maximum Gasteiger partial charge on any atom is 0.408 e. The van der Waals surface area contributed by atoms with Gasteiger partial charge in [0.05, 0.1) is 0 Å². The molecule has 2 aromatic carbocycles. The molecular weight excluding hydrogens is 498 g/mol. The van der Waals surface area contributed by atoms with E-state index in [-0.39, 0.29) is 6.42 Å². The zero-order valence-electron chi connectivity index (χ0n) is 23.3. The van der Waals surface area contributed by atoms with E-state index >= 15 is 0 Å². The summed E-state index contributed by atoms with van der Waals surface area (Å²) in [6, 6.07) is 17.5. The van der Waals surface area contributed by atoms with Gasteiger partial charge in [-0.3, -0.25) is 14.5 Å². The standard InChI is InChI=1S/C30H37N3O6/c1-8-33(24(34)20-31-28(37)39-30(5,6)7)25(22-17-13-10-14-18-22)26(35)32-23(27(36)38-29(2,3)4)19-21-15-11-9-12-16-21/h1,9-18,23,25H,19-20H2,2-7H3,(H,31,37)(H,32,35). The number of terminal acetylenes is 1. The van der Waals surface area contributed by atoms with Crippen molar-refractivity contribution in [2.75, 3.05) is 6.54 Å². The van der Waals surface area contributed by atoms with Crippen LogP contribution in [0, 0.1) is 12.5 Å². The Kier molecular flexibility index (Phi) is 10.7. The van der Waals surface area contributed by atoms with Gasteiger partial charge in [0.2, 0.25) is 5.91 Å². The van der Waals surface area contributed by atoms with Gasteiger partial charge in [-0.15, -0.1) is 0 Å². The fourth-order valence-electron chi connectivity index (χ4n) is 3.56. The van der Waals surface area contributed by atoms with E-state index in [0.29, 0.717) is 5.56 Å². The molecule has 0 fully saturated rings. The Labute approximate surface area is 230 Å². The summed E-state index contributed by atoms with van der Waals surface area (Å²) in [5.41, 5.74) is -0.331. The number of benzene rings is 2. The minimum absolute atomic E-state index is 0.160. The molecule has 0 saturated carbocycles. The lowest BCUT2D eigenvalue weighted by Gasteiger charge is -2.29. The molecule has 0 aromatic heterocycles. The molecule has 208 valence electrons. The van der Waals surface area contributed by atoms with Gasteiger partial charge < -0.3 is 20.1 Å². The predicted molar refractivity (Wildman–Crippen MR) is 147 cm³/mol. The Morgan fingerprint density at radius 2 is 1.41 bits per heavy atom. The highest BCUT2D eigenvalue weighted by Crippen LogP contribution is 2.22. The Morgan fingerprint density at radius 3 is 1.92 bits per heavy atom. The van der Waals surface area contributed by atoms with Crippen molar-refractivity contribution in [2.24, 2.45) is 0 Å². The average molecular weight is 536 g/mol. The third-order valence-corrected chi connectivity index (χ3v) is 5.10. The van der Waals surface area contributed by atoms with Gasteiger partial charge in [0.15, 0.2) is 0 Å². The first-order chi connectivity index (χ1) is 18.2. The molecule has 9 nitrogen and oxygen atoms in total. The first-order valence-electron chi connectivity index (χ1n) is 12.6. The van der Waals surface area contributed by atoms with Crippen molar-refractivity contribution in [3.05, 3.63) is 71.8 Å². The van der Waals surface area contributed by atoms with Gasteiger partial charge in [0, 0.05) is 12.5 Å². The maximum absolute atomic E-state index is 13.7. The van der Waals surface area contributed by atoms with E-state index in [0.717, 1.165) is 10.5 Å². The minimum atomic E-state index is -1.29. The first kappa shape index (κ1) is 30.9. The highest BCUT2D eigenvalue weighted by molar-refractivity contribution is 5.93. The second-order valence-corrected chi connectivity index (χ2v) is 10.8. The topological polar surface area (TPSA) is 114 Å². The van der Waals surface area contributed by atoms with Crippen LogP contribution in [0.4, 0.5) is 4.79 Å². The molecule has 0 saturated heterocycles. The van der Waals surface area contributed by atoms with Crippen LogP contribution >= 0.6 is 0 Å². The van der Waals surface area contributed by atoms with E-state index in [1.165, 1.54) is 0 Å². The van der Waals surface area contributed by atoms with E-state index in [1.54, 1.807) is 71.9 Å². The summed E-state index contributed by atoms with van der Waals surface area (Å²) in [5.74, 6) is -2.03. The van der Waals surface area contributed by atoms with Crippen LogP contribution in [0.25, 0.3) is 0 Å². The Morgan fingerprint density at radius 1 is 0.872 bits per heavy atom. The molecule has 0 spiro atoms. The molecule has 2 rings (SSSR count). The molecule has 0 aliphatic heterocycles. The molecule has 0 aliphatic carbocycles. The summed E-state index contributed by atoms with van der Waals surface area (Å²) in [6.07, 6.45) is 5.05. The number of rotatable bonds is 9. The van der Waals surface area contributed by atoms with Gasteiger partial charge in [-0.1, -0.05) is 67.1 Å². The normalized spacial score (nSPS) is 12.7. The molecule has 0 aliphatic rings. The third-order valence-electron chi connectivity index (χ3n) is 5.10. The van der Waals surface area contributed by atoms with Crippen LogP contribution in [0.15, 0.2) is 60.7 Å². The monoisotopic (exact) mass is 535 g/mol. The van der Waals surface area contributed by atoms with Crippen LogP contribution < -0.4 is 10.6 Å². The van der Waals surface area contributed by atoms with Crippen molar-refractivity contribution in [3.8, 4) is 12.5 Å². The molecule has 2 aromatic rings. The van der Waals surface area contributed by atoms with Gasteiger partial charge in [0.25, 0.3) is 5.91 Å². The smallest absolute Gasteiger partial charge is 0.408 e. The molecule has 0 bridgehead atoms. The number of hydrogen-bond acceptors (Lipinski definition) is 6. The van der Waals surface area contributed by atoms with Crippen molar-refractivity contribution in [1.82, 2.24) is 15.5 Å². The zero-order chi connectivity index (χ0) is 29.2. The molecule has 2 atom stereocenters. The number of carbonyl (C=O) groups is 4. The van der Waals surface area contributed by atoms with Gasteiger partial charge >= 0.3 is 12.1 Å². The number of esters is 1. The van der Waals surface area contributed by atoms with Crippen LogP contribution in [0.2, 0.25) is 0 Å². The Balaban J connectivity index is 2.34. The molecule has 2 unspecified atom stereocenters. The molecule has 3 amide bonds. The lowest BCUT2D eigenvalue weighted by Crippen LogP contribution is -2.51. The summed E-state index contributed by atoms with van der Waals surface area (Å²) in [6.45, 7) is 9.76. The van der Waals surface area contributed by atoms with Gasteiger partial charge in [-0.2, -0.15) is 0 Å². The fraction of sp³-hybridized carbons (Fsp3) is 0.400. The highest BCUT2D eigenvalue weighted by atomic mass is 16.6. The van der Waals surface area contributed by atoms with Crippen LogP contribution in [0.5, 0.6) is 0 Å². The third kappa shape index (κ3) is 10.5. The lowest BCUT2D eigenvalue weighted by atomic mass is 10.0. The summed E-state index contributed by atoms with van der Waals surface area (Å²) >= 11 is 0. The van der Waals surface area contributed by atoms with E-state index in [4.69, 9.17) is 15.9 Å². The second-order valence-electron chi connectivity index (χ2n) is 10.8. The van der Waals surface area contributed by atoms with Crippen molar-refractivity contribution in [1.29, 1.82) is 0 Å². The molecule has 2 N–H and O–H groups in total. The zero-order valence-corrected chi connectivity index (χ0v) is 23.3. The van der Waals surface area contributed by atoms with E-state index in [1.807, 2.05) is 30.3 Å². The van der Waals surface area contributed by atoms with Crippen LogP contribution in [-0.2, 0) is 30.3 Å². The molecule has 9 heteroatoms. The molecule has 39 heavy (non-hydrogen) atoms. The first-order valence-corrected chi connectivity index (χ1v) is 12.6. The second kappa shape index (κ2) is 13.5. The minimum Gasteiger partial charge on any atom is -0.458 e. The molecular formula is C30H37N3O6. The predicted octanol–water partition coefficient (Wildman–Crippen LogP) is 3.74. The maximum atomic E-state index is 13.7.